The van der Waals surface area contributed by atoms with Gasteiger partial charge < -0.3 is 10.4 Å². The molecule has 0 bridgehead atoms. The van der Waals surface area contributed by atoms with Gasteiger partial charge in [0.1, 0.15) is 0 Å². The maximum absolute atomic E-state index is 12.4. The van der Waals surface area contributed by atoms with Gasteiger partial charge in [-0.05, 0) is 29.8 Å². The van der Waals surface area contributed by atoms with Crippen molar-refractivity contribution in [2.45, 2.75) is 13.2 Å². The molecule has 28 heavy (non-hydrogen) atoms. The number of carbonyl (C=O) groups is 3. The summed E-state index contributed by atoms with van der Waals surface area (Å²) in [6, 6.07) is 10.3. The summed E-state index contributed by atoms with van der Waals surface area (Å²) in [6.45, 7) is -0.413. The maximum Gasteiger partial charge on any atom is 0.274 e. The SMILES string of the molecule is O=C(NCc1ccc([N+](=O)[O-])c(CO)c1)c1cccc(N2C(=O)C=CC2=O)c1. The Morgan fingerprint density at radius 3 is 2.46 bits per heavy atom. The third-order valence-electron chi connectivity index (χ3n) is 4.14. The maximum atomic E-state index is 12.4. The average Bonchev–Trinajstić information content (AvgIpc) is 3.03. The van der Waals surface area contributed by atoms with E-state index in [2.05, 4.69) is 5.32 Å². The van der Waals surface area contributed by atoms with Crippen LogP contribution in [0.1, 0.15) is 21.5 Å². The zero-order valence-corrected chi connectivity index (χ0v) is 14.5. The number of carbonyl (C=O) groups excluding carboxylic acids is 3. The fourth-order valence-corrected chi connectivity index (χ4v) is 2.78. The molecule has 0 aromatic heterocycles. The Kier molecular flexibility index (Phi) is 5.28. The van der Waals surface area contributed by atoms with Crippen LogP contribution in [0.4, 0.5) is 11.4 Å². The third kappa shape index (κ3) is 3.79. The Morgan fingerprint density at radius 2 is 1.82 bits per heavy atom. The van der Waals surface area contributed by atoms with E-state index in [0.717, 1.165) is 17.1 Å². The van der Waals surface area contributed by atoms with E-state index >= 15 is 0 Å². The minimum Gasteiger partial charge on any atom is -0.391 e. The lowest BCUT2D eigenvalue weighted by Gasteiger charge is -2.15. The van der Waals surface area contributed by atoms with Gasteiger partial charge in [-0.25, -0.2) is 4.90 Å². The number of nitro groups is 1. The number of benzene rings is 2. The van der Waals surface area contributed by atoms with E-state index in [-0.39, 0.29) is 29.0 Å². The van der Waals surface area contributed by atoms with Gasteiger partial charge in [0.25, 0.3) is 23.4 Å². The number of imide groups is 1. The summed E-state index contributed by atoms with van der Waals surface area (Å²) in [4.78, 5) is 47.2. The molecule has 0 aliphatic carbocycles. The minimum atomic E-state index is -0.588. The normalized spacial score (nSPS) is 13.1. The molecular formula is C19H15N3O6. The van der Waals surface area contributed by atoms with Crippen LogP contribution in [0.15, 0.2) is 54.6 Å². The van der Waals surface area contributed by atoms with Crippen molar-refractivity contribution in [2.75, 3.05) is 4.90 Å². The zero-order chi connectivity index (χ0) is 20.3. The first-order valence-electron chi connectivity index (χ1n) is 8.22. The molecule has 1 aliphatic rings. The highest BCUT2D eigenvalue weighted by Crippen LogP contribution is 2.21. The van der Waals surface area contributed by atoms with E-state index in [4.69, 9.17) is 0 Å². The standard InChI is InChI=1S/C19H15N3O6/c23-11-14-8-12(4-5-16(14)22(27)28)10-20-19(26)13-2-1-3-15(9-13)21-17(24)6-7-18(21)25/h1-9,23H,10-11H2,(H,20,26). The highest BCUT2D eigenvalue weighted by Gasteiger charge is 2.25. The van der Waals surface area contributed by atoms with Crippen LogP contribution in [0.25, 0.3) is 0 Å². The second-order valence-corrected chi connectivity index (χ2v) is 5.96. The molecule has 1 aliphatic heterocycles. The molecule has 3 amide bonds. The molecule has 0 radical (unpaired) electrons. The average molecular weight is 381 g/mol. The Hall–Kier alpha value is -3.85. The second kappa shape index (κ2) is 7.80. The summed E-state index contributed by atoms with van der Waals surface area (Å²) in [5.41, 5.74) is 1.06. The molecule has 0 fully saturated rings. The molecule has 3 rings (SSSR count). The topological polar surface area (TPSA) is 130 Å². The number of amides is 3. The number of hydrogen-bond donors (Lipinski definition) is 2. The summed E-state index contributed by atoms with van der Waals surface area (Å²) in [5, 5.41) is 22.8. The van der Waals surface area contributed by atoms with Crippen LogP contribution in [0, 0.1) is 10.1 Å². The molecule has 2 N–H and O–H groups in total. The Morgan fingerprint density at radius 1 is 1.11 bits per heavy atom. The molecule has 142 valence electrons. The van der Waals surface area contributed by atoms with E-state index in [0.29, 0.717) is 5.56 Å². The molecule has 9 nitrogen and oxygen atoms in total. The number of aliphatic hydroxyl groups excluding tert-OH is 1. The lowest BCUT2D eigenvalue weighted by Crippen LogP contribution is -2.30. The van der Waals surface area contributed by atoms with Crippen molar-refractivity contribution >= 4 is 29.1 Å². The summed E-state index contributed by atoms with van der Waals surface area (Å²) >= 11 is 0. The van der Waals surface area contributed by atoms with Crippen molar-refractivity contribution < 1.29 is 24.4 Å². The largest absolute Gasteiger partial charge is 0.391 e. The van der Waals surface area contributed by atoms with Crippen molar-refractivity contribution in [2.24, 2.45) is 0 Å². The van der Waals surface area contributed by atoms with Gasteiger partial charge in [-0.1, -0.05) is 12.1 Å². The summed E-state index contributed by atoms with van der Waals surface area (Å²) in [6.07, 6.45) is 2.31. The van der Waals surface area contributed by atoms with Gasteiger partial charge >= 0.3 is 0 Å². The molecule has 0 spiro atoms. The fraction of sp³-hybridized carbons (Fsp3) is 0.105. The minimum absolute atomic E-state index is 0.0805. The first-order chi connectivity index (χ1) is 13.4. The number of hydrogen-bond acceptors (Lipinski definition) is 6. The predicted molar refractivity (Wildman–Crippen MR) is 98.3 cm³/mol. The van der Waals surface area contributed by atoms with Gasteiger partial charge in [0.15, 0.2) is 0 Å². The van der Waals surface area contributed by atoms with E-state index < -0.39 is 29.3 Å². The number of aliphatic hydroxyl groups is 1. The molecule has 0 saturated heterocycles. The van der Waals surface area contributed by atoms with Crippen molar-refractivity contribution in [1.29, 1.82) is 0 Å². The van der Waals surface area contributed by atoms with Crippen molar-refractivity contribution in [3.8, 4) is 0 Å². The number of nitro benzene ring substituents is 1. The number of nitrogens with zero attached hydrogens (tertiary/aromatic N) is 2. The molecule has 2 aromatic carbocycles. The van der Waals surface area contributed by atoms with Gasteiger partial charge in [0, 0.05) is 30.3 Å². The van der Waals surface area contributed by atoms with Crippen LogP contribution in [0.5, 0.6) is 0 Å². The molecule has 0 unspecified atom stereocenters. The van der Waals surface area contributed by atoms with Crippen LogP contribution < -0.4 is 10.2 Å². The van der Waals surface area contributed by atoms with Crippen LogP contribution in [0.3, 0.4) is 0 Å². The van der Waals surface area contributed by atoms with Gasteiger partial charge in [0.05, 0.1) is 22.8 Å². The Labute approximate surface area is 159 Å². The van der Waals surface area contributed by atoms with Crippen LogP contribution >= 0.6 is 0 Å². The van der Waals surface area contributed by atoms with Gasteiger partial charge in [-0.15, -0.1) is 0 Å². The monoisotopic (exact) mass is 381 g/mol. The van der Waals surface area contributed by atoms with E-state index in [1.807, 2.05) is 0 Å². The van der Waals surface area contributed by atoms with Crippen molar-refractivity contribution in [1.82, 2.24) is 5.32 Å². The van der Waals surface area contributed by atoms with Crippen molar-refractivity contribution in [3.05, 3.63) is 81.4 Å². The number of rotatable bonds is 6. The van der Waals surface area contributed by atoms with Crippen LogP contribution in [-0.4, -0.2) is 27.8 Å². The zero-order valence-electron chi connectivity index (χ0n) is 14.5. The predicted octanol–water partition coefficient (Wildman–Crippen LogP) is 1.45. The molecule has 2 aromatic rings. The molecular weight excluding hydrogens is 366 g/mol. The molecule has 1 heterocycles. The molecule has 9 heteroatoms. The quantitative estimate of drug-likeness (QED) is 0.442. The number of nitrogens with one attached hydrogen (secondary N) is 1. The number of anilines is 1. The smallest absolute Gasteiger partial charge is 0.274 e. The second-order valence-electron chi connectivity index (χ2n) is 5.96. The van der Waals surface area contributed by atoms with Crippen molar-refractivity contribution in [3.63, 3.8) is 0 Å². The van der Waals surface area contributed by atoms with Crippen LogP contribution in [-0.2, 0) is 22.7 Å². The fourth-order valence-electron chi connectivity index (χ4n) is 2.78. The lowest BCUT2D eigenvalue weighted by atomic mass is 10.1. The summed E-state index contributed by atoms with van der Waals surface area (Å²) in [5.74, 6) is -1.41. The Bertz CT molecular complexity index is 996. The lowest BCUT2D eigenvalue weighted by molar-refractivity contribution is -0.385. The van der Waals surface area contributed by atoms with Gasteiger partial charge in [0.2, 0.25) is 0 Å². The highest BCUT2D eigenvalue weighted by atomic mass is 16.6. The summed E-state index contributed by atoms with van der Waals surface area (Å²) < 4.78 is 0. The van der Waals surface area contributed by atoms with E-state index in [1.165, 1.54) is 30.3 Å². The summed E-state index contributed by atoms with van der Waals surface area (Å²) in [7, 11) is 0. The first kappa shape index (κ1) is 18.9. The highest BCUT2D eigenvalue weighted by molar-refractivity contribution is 6.28. The first-order valence-corrected chi connectivity index (χ1v) is 8.22. The third-order valence-corrected chi connectivity index (χ3v) is 4.14. The molecule has 0 atom stereocenters. The van der Waals surface area contributed by atoms with Gasteiger partial charge in [-0.2, -0.15) is 0 Å². The van der Waals surface area contributed by atoms with Crippen LogP contribution in [0.2, 0.25) is 0 Å². The van der Waals surface area contributed by atoms with E-state index in [1.54, 1.807) is 12.1 Å². The van der Waals surface area contributed by atoms with E-state index in [9.17, 15) is 29.6 Å². The molecule has 0 saturated carbocycles. The Balaban J connectivity index is 1.72. The van der Waals surface area contributed by atoms with Gasteiger partial charge in [-0.3, -0.25) is 24.5 Å².